The highest BCUT2D eigenvalue weighted by molar-refractivity contribution is 6.16. The van der Waals surface area contributed by atoms with Gasteiger partial charge in [0, 0.05) is 39.9 Å². The van der Waals surface area contributed by atoms with Crippen LogP contribution < -0.4 is 0 Å². The lowest BCUT2D eigenvalue weighted by molar-refractivity contribution is 0.669. The first-order valence-electron chi connectivity index (χ1n) is 21.8. The predicted octanol–water partition coefficient (Wildman–Crippen LogP) is 15.8. The fourth-order valence-corrected chi connectivity index (χ4v) is 9.67. The molecule has 0 radical (unpaired) electrons. The topological polar surface area (TPSA) is 64.7 Å². The molecule has 0 aliphatic heterocycles. The van der Waals surface area contributed by atoms with Gasteiger partial charge in [-0.1, -0.05) is 146 Å². The summed E-state index contributed by atoms with van der Waals surface area (Å²) < 4.78 is 6.25. The normalized spacial score (nSPS) is 11.7. The third-order valence-electron chi connectivity index (χ3n) is 12.7. The lowest BCUT2D eigenvalue weighted by atomic mass is 9.87. The summed E-state index contributed by atoms with van der Waals surface area (Å²) >= 11 is 0. The van der Waals surface area contributed by atoms with E-state index in [1.807, 2.05) is 42.6 Å². The second kappa shape index (κ2) is 14.9. The number of rotatable bonds is 6. The predicted molar refractivity (Wildman–Crippen MR) is 268 cm³/mol. The van der Waals surface area contributed by atoms with Crippen molar-refractivity contribution in [1.29, 1.82) is 0 Å². The Kier molecular flexibility index (Phi) is 8.46. The highest BCUT2D eigenvalue weighted by Crippen LogP contribution is 2.44. The Morgan fingerprint density at radius 2 is 0.723 bits per heavy atom. The lowest BCUT2D eigenvalue weighted by Gasteiger charge is -2.18. The molecule has 13 rings (SSSR count). The summed E-state index contributed by atoms with van der Waals surface area (Å²) in [4.78, 5) is 20.3. The van der Waals surface area contributed by atoms with E-state index in [2.05, 4.69) is 175 Å². The first-order chi connectivity index (χ1) is 32.2. The monoisotopic (exact) mass is 828 g/mol. The van der Waals surface area contributed by atoms with E-state index in [9.17, 15) is 0 Å². The molecule has 5 nitrogen and oxygen atoms in total. The van der Waals surface area contributed by atoms with Gasteiger partial charge in [-0.25, -0.2) is 15.0 Å². The van der Waals surface area contributed by atoms with Crippen molar-refractivity contribution >= 4 is 65.0 Å². The van der Waals surface area contributed by atoms with Crippen molar-refractivity contribution in [3.8, 4) is 67.5 Å². The molecule has 0 aliphatic rings. The third kappa shape index (κ3) is 6.32. The van der Waals surface area contributed by atoms with Gasteiger partial charge in [-0.2, -0.15) is 0 Å². The molecule has 302 valence electrons. The van der Waals surface area contributed by atoms with E-state index in [4.69, 9.17) is 19.4 Å². The number of pyridine rings is 1. The molecule has 65 heavy (non-hydrogen) atoms. The van der Waals surface area contributed by atoms with Crippen molar-refractivity contribution in [2.75, 3.05) is 0 Å². The number of hydrogen-bond acceptors (Lipinski definition) is 5. The number of para-hydroxylation sites is 1. The van der Waals surface area contributed by atoms with E-state index in [-0.39, 0.29) is 0 Å². The fourth-order valence-electron chi connectivity index (χ4n) is 9.67. The number of nitrogens with zero attached hydrogens (tertiary/aromatic N) is 4. The molecule has 3 aromatic heterocycles. The first-order valence-corrected chi connectivity index (χ1v) is 21.8. The Hall–Kier alpha value is -8.80. The van der Waals surface area contributed by atoms with E-state index in [1.165, 1.54) is 54.2 Å². The number of fused-ring (bicyclic) bond motifs is 7. The molecular formula is C60H36N4O. The SMILES string of the molecule is c1cncc(-c2ccc(-c3nc(-c4cc(-c5c6ccccc6cc6ccccc56)cc(-c5c6ccccc6cc6ccccc56)c4)nc(-c4ccc5oc6ccccc6c5c4)n3)cc2)c1. The minimum atomic E-state index is 0.576. The van der Waals surface area contributed by atoms with E-state index in [0.717, 1.165) is 60.9 Å². The maximum Gasteiger partial charge on any atom is 0.164 e. The van der Waals surface area contributed by atoms with Crippen molar-refractivity contribution in [3.05, 3.63) is 219 Å². The third-order valence-corrected chi connectivity index (χ3v) is 12.7. The zero-order valence-corrected chi connectivity index (χ0v) is 35.0. The van der Waals surface area contributed by atoms with Crippen LogP contribution in [-0.4, -0.2) is 19.9 Å². The van der Waals surface area contributed by atoms with Gasteiger partial charge in [0.2, 0.25) is 0 Å². The van der Waals surface area contributed by atoms with Crippen molar-refractivity contribution in [3.63, 3.8) is 0 Å². The number of benzene rings is 10. The van der Waals surface area contributed by atoms with Gasteiger partial charge in [-0.3, -0.25) is 4.98 Å². The number of hydrogen-bond donors (Lipinski definition) is 0. The zero-order valence-electron chi connectivity index (χ0n) is 35.0. The van der Waals surface area contributed by atoms with E-state index in [0.29, 0.717) is 17.5 Å². The molecule has 0 amide bonds. The van der Waals surface area contributed by atoms with Gasteiger partial charge >= 0.3 is 0 Å². The second-order valence-corrected chi connectivity index (χ2v) is 16.6. The largest absolute Gasteiger partial charge is 0.456 e. The molecule has 0 aliphatic carbocycles. The molecule has 10 aromatic carbocycles. The van der Waals surface area contributed by atoms with Crippen molar-refractivity contribution < 1.29 is 4.42 Å². The molecule has 3 heterocycles. The number of furan rings is 1. The molecule has 5 heteroatoms. The maximum absolute atomic E-state index is 6.25. The standard InChI is InChI=1S/C60H36N4O/c1-5-17-48-39(12-1)30-40-13-2-6-18-49(40)56(48)45-32-46(57-50-19-7-3-14-41(50)31-42-15-4-8-20-51(42)57)34-47(33-45)60-63-58(38-25-23-37(24-26-38)44-16-11-29-61-36-44)62-59(64-60)43-27-28-55-53(35-43)52-21-9-10-22-54(52)65-55/h1-36H. The molecule has 0 saturated carbocycles. The van der Waals surface area contributed by atoms with Gasteiger partial charge in [0.25, 0.3) is 0 Å². The molecule has 0 fully saturated rings. The smallest absolute Gasteiger partial charge is 0.164 e. The van der Waals surface area contributed by atoms with E-state index < -0.39 is 0 Å². The van der Waals surface area contributed by atoms with Crippen LogP contribution in [0.2, 0.25) is 0 Å². The fraction of sp³-hybridized carbons (Fsp3) is 0. The van der Waals surface area contributed by atoms with Gasteiger partial charge in [-0.05, 0) is 137 Å². The Balaban J connectivity index is 1.10. The van der Waals surface area contributed by atoms with Gasteiger partial charge < -0.3 is 4.42 Å². The summed E-state index contributed by atoms with van der Waals surface area (Å²) in [6.45, 7) is 0. The van der Waals surface area contributed by atoms with E-state index in [1.54, 1.807) is 6.20 Å². The average Bonchev–Trinajstić information content (AvgIpc) is 3.75. The molecule has 0 atom stereocenters. The van der Waals surface area contributed by atoms with Crippen LogP contribution in [-0.2, 0) is 0 Å². The summed E-state index contributed by atoms with van der Waals surface area (Å²) in [5, 5.41) is 11.5. The van der Waals surface area contributed by atoms with Crippen molar-refractivity contribution in [1.82, 2.24) is 19.9 Å². The zero-order chi connectivity index (χ0) is 42.8. The van der Waals surface area contributed by atoms with Gasteiger partial charge in [-0.15, -0.1) is 0 Å². The molecular weight excluding hydrogens is 793 g/mol. The second-order valence-electron chi connectivity index (χ2n) is 16.6. The van der Waals surface area contributed by atoms with Crippen LogP contribution in [0, 0.1) is 0 Å². The van der Waals surface area contributed by atoms with Crippen LogP contribution in [0.25, 0.3) is 133 Å². The Morgan fingerprint density at radius 1 is 0.277 bits per heavy atom. The van der Waals surface area contributed by atoms with Crippen LogP contribution in [0.3, 0.4) is 0 Å². The minimum Gasteiger partial charge on any atom is -0.456 e. The van der Waals surface area contributed by atoms with Gasteiger partial charge in [0.05, 0.1) is 0 Å². The molecule has 13 aromatic rings. The Bertz CT molecular complexity index is 3760. The summed E-state index contributed by atoms with van der Waals surface area (Å²) in [6, 6.07) is 73.0. The molecule has 0 saturated heterocycles. The maximum atomic E-state index is 6.25. The summed E-state index contributed by atoms with van der Waals surface area (Å²) in [5.74, 6) is 1.74. The van der Waals surface area contributed by atoms with Crippen LogP contribution in [0.4, 0.5) is 0 Å². The van der Waals surface area contributed by atoms with Gasteiger partial charge in [0.15, 0.2) is 17.5 Å². The highest BCUT2D eigenvalue weighted by Gasteiger charge is 2.20. The molecule has 0 N–H and O–H groups in total. The van der Waals surface area contributed by atoms with Crippen LogP contribution >= 0.6 is 0 Å². The molecule has 0 bridgehead atoms. The summed E-state index contributed by atoms with van der Waals surface area (Å²) in [6.07, 6.45) is 3.67. The van der Waals surface area contributed by atoms with Crippen LogP contribution in [0.5, 0.6) is 0 Å². The van der Waals surface area contributed by atoms with Crippen LogP contribution in [0.15, 0.2) is 223 Å². The van der Waals surface area contributed by atoms with Crippen molar-refractivity contribution in [2.45, 2.75) is 0 Å². The number of aromatic nitrogens is 4. The van der Waals surface area contributed by atoms with Gasteiger partial charge in [0.1, 0.15) is 11.2 Å². The lowest BCUT2D eigenvalue weighted by Crippen LogP contribution is -2.01. The quantitative estimate of drug-likeness (QED) is 0.156. The van der Waals surface area contributed by atoms with Crippen LogP contribution in [0.1, 0.15) is 0 Å². The Morgan fingerprint density at radius 3 is 1.28 bits per heavy atom. The first kappa shape index (κ1) is 36.8. The highest BCUT2D eigenvalue weighted by atomic mass is 16.3. The Labute approximate surface area is 374 Å². The van der Waals surface area contributed by atoms with E-state index >= 15 is 0 Å². The average molecular weight is 829 g/mol. The molecule has 0 spiro atoms. The summed E-state index contributed by atoms with van der Waals surface area (Å²) in [5.41, 5.74) is 10.9. The summed E-state index contributed by atoms with van der Waals surface area (Å²) in [7, 11) is 0. The minimum absolute atomic E-state index is 0.576. The molecule has 0 unspecified atom stereocenters. The van der Waals surface area contributed by atoms with Crippen molar-refractivity contribution in [2.24, 2.45) is 0 Å².